The van der Waals surface area contributed by atoms with Gasteiger partial charge >= 0.3 is 0 Å². The number of hydrogen-bond acceptors (Lipinski definition) is 0. The van der Waals surface area contributed by atoms with E-state index in [0.717, 1.165) is 32.5 Å². The molecule has 0 aromatic carbocycles. The molecule has 6 spiro atoms. The second-order valence-electron chi connectivity index (χ2n) is 27.7. The minimum Gasteiger partial charge on any atom is -0.0533 e. The highest BCUT2D eigenvalue weighted by Crippen LogP contribution is 2.52. The average Bonchev–Trinajstić information content (AvgIpc) is 4.10. The molecule has 0 aliphatic heterocycles. The molecule has 0 nitrogen and oxygen atoms in total. The first-order valence-electron chi connectivity index (χ1n) is 32.5. The van der Waals surface area contributed by atoms with Gasteiger partial charge in [-0.05, 0) is 187 Å². The molecule has 0 amide bonds. The summed E-state index contributed by atoms with van der Waals surface area (Å²) in [4.78, 5) is 0. The molecule has 12 rings (SSSR count). The van der Waals surface area contributed by atoms with Gasteiger partial charge in [0.1, 0.15) is 0 Å². The van der Waals surface area contributed by atoms with Crippen LogP contribution in [0.15, 0.2) is 0 Å². The monoisotopic (exact) mass is 913 g/mol. The molecule has 0 N–H and O–H groups in total. The van der Waals surface area contributed by atoms with Gasteiger partial charge in [-0.25, -0.2) is 0 Å². The Morgan fingerprint density at radius 1 is 0.0758 bits per heavy atom. The molecule has 12 saturated carbocycles. The van der Waals surface area contributed by atoms with Crippen molar-refractivity contribution in [3.8, 4) is 0 Å². The van der Waals surface area contributed by atoms with Crippen molar-refractivity contribution in [3.63, 3.8) is 0 Å². The Hall–Kier alpha value is 0. The molecule has 0 heteroatoms. The van der Waals surface area contributed by atoms with Gasteiger partial charge in [0.05, 0.1) is 0 Å². The van der Waals surface area contributed by atoms with E-state index in [1.807, 2.05) is 0 Å². The number of rotatable bonds is 0. The lowest BCUT2D eigenvalue weighted by molar-refractivity contribution is 0.124. The molecule has 0 aromatic rings. The third-order valence-corrected chi connectivity index (χ3v) is 23.0. The Balaban J connectivity index is 0.000000118. The van der Waals surface area contributed by atoms with Crippen LogP contribution in [0.2, 0.25) is 0 Å². The van der Waals surface area contributed by atoms with Crippen LogP contribution in [-0.4, -0.2) is 0 Å². The molecular formula is C66H120. The molecule has 0 aromatic heterocycles. The van der Waals surface area contributed by atoms with Crippen LogP contribution in [-0.2, 0) is 0 Å². The van der Waals surface area contributed by atoms with Crippen LogP contribution in [0.5, 0.6) is 0 Å². The SMILES string of the molecule is C1CCC2(C1)CCCC2.C1CCC2(CC1)CCCC2.C1CCC2(CC1)CCCCC2.C1CCCC2(CC1)CCCC2.C1CCCC2(CC1)CCCCC2.C1CCCC2(CC1)CCCCCC2. The third kappa shape index (κ3) is 17.6. The number of hydrogen-bond donors (Lipinski definition) is 0. The smallest absolute Gasteiger partial charge is 0.0297 e. The molecule has 12 aliphatic rings. The van der Waals surface area contributed by atoms with Crippen molar-refractivity contribution >= 4 is 0 Å². The Labute approximate surface area is 415 Å². The van der Waals surface area contributed by atoms with Gasteiger partial charge in [-0.2, -0.15) is 0 Å². The van der Waals surface area contributed by atoms with Gasteiger partial charge in [-0.15, -0.1) is 0 Å². The van der Waals surface area contributed by atoms with Crippen molar-refractivity contribution in [1.82, 2.24) is 0 Å². The molecule has 12 aliphatic carbocycles. The Bertz CT molecular complexity index is 1110. The quantitative estimate of drug-likeness (QED) is 0.227. The Morgan fingerprint density at radius 2 is 0.136 bits per heavy atom. The molecule has 0 unspecified atom stereocenters. The predicted molar refractivity (Wildman–Crippen MR) is 292 cm³/mol. The van der Waals surface area contributed by atoms with E-state index < -0.39 is 0 Å². The summed E-state index contributed by atoms with van der Waals surface area (Å²) in [7, 11) is 0. The van der Waals surface area contributed by atoms with Gasteiger partial charge in [0.2, 0.25) is 0 Å². The first-order valence-corrected chi connectivity index (χ1v) is 32.5. The fraction of sp³-hybridized carbons (Fsp3) is 1.00. The second-order valence-corrected chi connectivity index (χ2v) is 27.7. The maximum Gasteiger partial charge on any atom is -0.0297 e. The fourth-order valence-corrected chi connectivity index (χ4v) is 18.6. The third-order valence-electron chi connectivity index (χ3n) is 23.0. The van der Waals surface area contributed by atoms with Crippen molar-refractivity contribution in [2.45, 2.75) is 385 Å². The van der Waals surface area contributed by atoms with Crippen LogP contribution in [0.4, 0.5) is 0 Å². The van der Waals surface area contributed by atoms with Crippen molar-refractivity contribution in [1.29, 1.82) is 0 Å². The summed E-state index contributed by atoms with van der Waals surface area (Å²) in [6.07, 6.45) is 92.4. The summed E-state index contributed by atoms with van der Waals surface area (Å²) >= 11 is 0. The summed E-state index contributed by atoms with van der Waals surface area (Å²) in [6.45, 7) is 0. The van der Waals surface area contributed by atoms with E-state index in [2.05, 4.69) is 0 Å². The van der Waals surface area contributed by atoms with E-state index in [0.29, 0.717) is 0 Å². The van der Waals surface area contributed by atoms with Crippen molar-refractivity contribution in [3.05, 3.63) is 0 Å². The van der Waals surface area contributed by atoms with Crippen molar-refractivity contribution in [2.24, 2.45) is 32.5 Å². The molecule has 0 bridgehead atoms. The van der Waals surface area contributed by atoms with Crippen LogP contribution in [0.25, 0.3) is 0 Å². The summed E-state index contributed by atoms with van der Waals surface area (Å²) in [5, 5.41) is 0. The van der Waals surface area contributed by atoms with E-state index in [-0.39, 0.29) is 0 Å². The topological polar surface area (TPSA) is 0 Å². The first kappa shape index (κ1) is 53.8. The van der Waals surface area contributed by atoms with Crippen LogP contribution in [0, 0.1) is 32.5 Å². The van der Waals surface area contributed by atoms with E-state index in [4.69, 9.17) is 0 Å². The van der Waals surface area contributed by atoms with E-state index in [1.54, 1.807) is 154 Å². The van der Waals surface area contributed by atoms with E-state index in [1.165, 1.54) is 231 Å². The summed E-state index contributed by atoms with van der Waals surface area (Å²) < 4.78 is 0. The van der Waals surface area contributed by atoms with Gasteiger partial charge in [-0.3, -0.25) is 0 Å². The normalized spacial score (nSPS) is 30.5. The zero-order valence-electron chi connectivity index (χ0n) is 45.4. The molecular weight excluding hydrogens is 793 g/mol. The van der Waals surface area contributed by atoms with Gasteiger partial charge in [0.15, 0.2) is 0 Å². The summed E-state index contributed by atoms with van der Waals surface area (Å²) in [5.74, 6) is 0. The lowest BCUT2D eigenvalue weighted by atomic mass is 9.65. The van der Waals surface area contributed by atoms with Crippen LogP contribution in [0.3, 0.4) is 0 Å². The zero-order valence-corrected chi connectivity index (χ0v) is 45.4. The summed E-state index contributed by atoms with van der Waals surface area (Å²) in [5.41, 5.74) is 5.15. The molecule has 0 atom stereocenters. The van der Waals surface area contributed by atoms with E-state index in [9.17, 15) is 0 Å². The van der Waals surface area contributed by atoms with Crippen molar-refractivity contribution < 1.29 is 0 Å². The molecule has 384 valence electrons. The lowest BCUT2D eigenvalue weighted by Crippen LogP contribution is -2.26. The van der Waals surface area contributed by atoms with Crippen LogP contribution in [0.1, 0.15) is 385 Å². The molecule has 0 saturated heterocycles. The average molecular weight is 914 g/mol. The largest absolute Gasteiger partial charge is 0.0533 e. The highest BCUT2D eigenvalue weighted by Gasteiger charge is 2.38. The minimum absolute atomic E-state index is 0.826. The van der Waals surface area contributed by atoms with Gasteiger partial charge in [-0.1, -0.05) is 231 Å². The molecule has 0 heterocycles. The molecule has 0 radical (unpaired) electrons. The Morgan fingerprint density at radius 3 is 0.227 bits per heavy atom. The maximum atomic E-state index is 1.56. The van der Waals surface area contributed by atoms with Gasteiger partial charge in [0, 0.05) is 0 Å². The first-order chi connectivity index (χ1) is 32.5. The van der Waals surface area contributed by atoms with Gasteiger partial charge in [0.25, 0.3) is 0 Å². The highest BCUT2D eigenvalue weighted by atomic mass is 14.4. The fourth-order valence-electron chi connectivity index (χ4n) is 18.6. The summed E-state index contributed by atoms with van der Waals surface area (Å²) in [6, 6.07) is 0. The predicted octanol–water partition coefficient (Wildman–Crippen LogP) is 23.4. The van der Waals surface area contributed by atoms with Crippen LogP contribution >= 0.6 is 0 Å². The van der Waals surface area contributed by atoms with Crippen molar-refractivity contribution in [2.75, 3.05) is 0 Å². The zero-order chi connectivity index (χ0) is 45.4. The maximum absolute atomic E-state index is 1.56. The van der Waals surface area contributed by atoms with E-state index >= 15 is 0 Å². The lowest BCUT2D eigenvalue weighted by Gasteiger charge is -2.40. The van der Waals surface area contributed by atoms with Crippen LogP contribution < -0.4 is 0 Å². The molecule has 12 fully saturated rings. The highest BCUT2D eigenvalue weighted by molar-refractivity contribution is 4.90. The minimum atomic E-state index is 0.826. The standard InChI is InChI=1S/C13H24.C12H22.2C11H20.C10H18.C9H16/c1-2-6-10-13(9-5-1)11-7-3-4-8-12-13;1-2-5-9-12(8-4-1)10-6-3-7-11-12;1-3-7-11(8-4-1)9-5-2-6-10-11;1-2-4-8-11(7-3-1)9-5-6-10-11;1-2-6-10(7-3-1)8-4-5-9-10;1-2-6-9(5-1)7-3-4-8-9/h1-12H2;1-11H2;2*1-10H2;1-9H2;1-8H2. The van der Waals surface area contributed by atoms with Gasteiger partial charge < -0.3 is 0 Å². The molecule has 66 heavy (non-hydrogen) atoms. The Kier molecular flexibility index (Phi) is 23.5. The second kappa shape index (κ2) is 28.9.